The van der Waals surface area contributed by atoms with E-state index in [2.05, 4.69) is 39.9 Å². The molecular weight excluding hydrogens is 451 g/mol. The number of nitrogens with one attached hydrogen (secondary N) is 1. The van der Waals surface area contributed by atoms with E-state index in [1.165, 1.54) is 12.3 Å². The molecule has 1 aromatic heterocycles. The predicted octanol–water partition coefficient (Wildman–Crippen LogP) is 6.42. The number of rotatable bonds is 6. The Kier molecular flexibility index (Phi) is 6.49. The summed E-state index contributed by atoms with van der Waals surface area (Å²) >= 11 is 0. The van der Waals surface area contributed by atoms with Gasteiger partial charge in [-0.25, -0.2) is 14.5 Å². The second kappa shape index (κ2) is 10.2. The van der Waals surface area contributed by atoms with Crippen LogP contribution in [0.1, 0.15) is 21.6 Å². The van der Waals surface area contributed by atoms with Gasteiger partial charge in [0, 0.05) is 11.1 Å². The number of carbonyl (C=O) groups is 1. The maximum atomic E-state index is 13.8. The van der Waals surface area contributed by atoms with Crippen molar-refractivity contribution in [1.82, 2.24) is 15.2 Å². The van der Waals surface area contributed by atoms with Gasteiger partial charge in [-0.05, 0) is 47.9 Å². The largest absolute Gasteiger partial charge is 0.291 e. The van der Waals surface area contributed by atoms with Crippen LogP contribution in [-0.2, 0) is 0 Å². The van der Waals surface area contributed by atoms with Gasteiger partial charge in [0.1, 0.15) is 5.82 Å². The van der Waals surface area contributed by atoms with Crippen molar-refractivity contribution in [2.45, 2.75) is 6.92 Å². The van der Waals surface area contributed by atoms with Crippen LogP contribution >= 0.6 is 0 Å². The predicted molar refractivity (Wildman–Crippen MR) is 141 cm³/mol. The van der Waals surface area contributed by atoms with Gasteiger partial charge in [-0.2, -0.15) is 10.2 Å². The van der Waals surface area contributed by atoms with Gasteiger partial charge in [0.2, 0.25) is 0 Å². The summed E-state index contributed by atoms with van der Waals surface area (Å²) in [5.41, 5.74) is 8.75. The summed E-state index contributed by atoms with van der Waals surface area (Å²) in [6.45, 7) is 2.01. The maximum absolute atomic E-state index is 13.8. The van der Waals surface area contributed by atoms with Crippen LogP contribution in [0, 0.1) is 12.7 Å². The highest BCUT2D eigenvalue weighted by molar-refractivity contribution is 5.94. The van der Waals surface area contributed by atoms with E-state index in [4.69, 9.17) is 0 Å². The van der Waals surface area contributed by atoms with E-state index >= 15 is 0 Å². The Hall–Kier alpha value is -4.84. The highest BCUT2D eigenvalue weighted by Gasteiger charge is 2.17. The van der Waals surface area contributed by atoms with Crippen molar-refractivity contribution in [3.05, 3.63) is 132 Å². The summed E-state index contributed by atoms with van der Waals surface area (Å²) in [6, 6.07) is 34.1. The molecule has 36 heavy (non-hydrogen) atoms. The minimum absolute atomic E-state index is 0.198. The van der Waals surface area contributed by atoms with Gasteiger partial charge in [0.25, 0.3) is 5.91 Å². The van der Waals surface area contributed by atoms with Crippen molar-refractivity contribution in [3.8, 4) is 28.1 Å². The van der Waals surface area contributed by atoms with Gasteiger partial charge < -0.3 is 0 Å². The average molecular weight is 475 g/mol. The molecule has 0 fully saturated rings. The van der Waals surface area contributed by atoms with E-state index in [9.17, 15) is 9.18 Å². The number of hydrogen-bond donors (Lipinski definition) is 1. The number of aromatic nitrogens is 2. The highest BCUT2D eigenvalue weighted by Crippen LogP contribution is 2.28. The second-order valence-electron chi connectivity index (χ2n) is 8.33. The van der Waals surface area contributed by atoms with E-state index in [0.717, 1.165) is 33.6 Å². The van der Waals surface area contributed by atoms with Crippen LogP contribution < -0.4 is 5.43 Å². The monoisotopic (exact) mass is 474 g/mol. The lowest BCUT2D eigenvalue weighted by Gasteiger charge is -2.09. The zero-order chi connectivity index (χ0) is 24.9. The third-order valence-corrected chi connectivity index (χ3v) is 5.75. The lowest BCUT2D eigenvalue weighted by atomic mass is 10.0. The van der Waals surface area contributed by atoms with Crippen LogP contribution in [0.4, 0.5) is 4.39 Å². The van der Waals surface area contributed by atoms with E-state index in [0.29, 0.717) is 0 Å². The Morgan fingerprint density at radius 3 is 2.28 bits per heavy atom. The molecule has 5 rings (SSSR count). The topological polar surface area (TPSA) is 59.3 Å². The Balaban J connectivity index is 1.47. The van der Waals surface area contributed by atoms with E-state index in [1.807, 2.05) is 61.5 Å². The van der Waals surface area contributed by atoms with Crippen molar-refractivity contribution in [2.24, 2.45) is 5.10 Å². The minimum Gasteiger partial charge on any atom is -0.265 e. The summed E-state index contributed by atoms with van der Waals surface area (Å²) in [5, 5.41) is 8.49. The zero-order valence-electron chi connectivity index (χ0n) is 19.6. The second-order valence-corrected chi connectivity index (χ2v) is 8.33. The number of nitrogens with zero attached hydrogens (tertiary/aromatic N) is 3. The third kappa shape index (κ3) is 4.98. The Morgan fingerprint density at radius 2 is 1.53 bits per heavy atom. The molecule has 1 amide bonds. The van der Waals surface area contributed by atoms with E-state index < -0.39 is 11.7 Å². The number of aryl methyl sites for hydroxylation is 1. The number of hydrazone groups is 1. The first-order valence-corrected chi connectivity index (χ1v) is 11.5. The molecule has 5 nitrogen and oxygen atoms in total. The normalized spacial score (nSPS) is 11.1. The molecule has 0 atom stereocenters. The number of hydrogen-bond acceptors (Lipinski definition) is 3. The number of halogens is 1. The van der Waals surface area contributed by atoms with Crippen LogP contribution in [0.5, 0.6) is 0 Å². The molecule has 0 aliphatic rings. The summed E-state index contributed by atoms with van der Waals surface area (Å²) in [4.78, 5) is 12.9. The molecule has 0 radical (unpaired) electrons. The van der Waals surface area contributed by atoms with Crippen LogP contribution in [-0.4, -0.2) is 21.9 Å². The highest BCUT2D eigenvalue weighted by atomic mass is 19.1. The molecule has 1 heterocycles. The molecule has 4 aromatic carbocycles. The molecule has 0 aliphatic carbocycles. The Labute approximate surface area is 208 Å². The van der Waals surface area contributed by atoms with E-state index in [1.54, 1.807) is 28.9 Å². The van der Waals surface area contributed by atoms with Gasteiger partial charge in [-0.3, -0.25) is 4.79 Å². The molecule has 5 aromatic rings. The van der Waals surface area contributed by atoms with Crippen LogP contribution in [0.25, 0.3) is 28.1 Å². The van der Waals surface area contributed by atoms with Crippen LogP contribution in [0.15, 0.2) is 114 Å². The lowest BCUT2D eigenvalue weighted by Crippen LogP contribution is -2.18. The number of amides is 1. The smallest absolute Gasteiger partial charge is 0.265 e. The van der Waals surface area contributed by atoms with Gasteiger partial charge in [0.05, 0.1) is 17.6 Å². The van der Waals surface area contributed by atoms with Crippen LogP contribution in [0.2, 0.25) is 0 Å². The van der Waals surface area contributed by atoms with Crippen molar-refractivity contribution >= 4 is 12.1 Å². The maximum Gasteiger partial charge on any atom is 0.291 e. The molecule has 0 bridgehead atoms. The standard InChI is InChI=1S/C30H23FN4O/c1-21-8-7-12-26(18-21)35-29(24-16-14-23(15-17-24)22-9-3-2-4-10-22)19-28(34-35)30(36)33-32-20-25-11-5-6-13-27(25)31/h2-20H,1H3,(H,33,36)/b32-20-. The van der Waals surface area contributed by atoms with Crippen LogP contribution in [0.3, 0.4) is 0 Å². The fourth-order valence-electron chi connectivity index (χ4n) is 3.92. The molecular formula is C30H23FN4O. The zero-order valence-corrected chi connectivity index (χ0v) is 19.6. The van der Waals surface area contributed by atoms with Gasteiger partial charge >= 0.3 is 0 Å². The quantitative estimate of drug-likeness (QED) is 0.228. The van der Waals surface area contributed by atoms with Gasteiger partial charge in [-0.15, -0.1) is 0 Å². The molecule has 6 heteroatoms. The molecule has 176 valence electrons. The molecule has 0 saturated heterocycles. The summed E-state index contributed by atoms with van der Waals surface area (Å²) in [6.07, 6.45) is 1.27. The Bertz CT molecular complexity index is 1540. The first-order chi connectivity index (χ1) is 17.6. The molecule has 0 aliphatic heterocycles. The van der Waals surface area contributed by atoms with Gasteiger partial charge in [0.15, 0.2) is 5.69 Å². The van der Waals surface area contributed by atoms with Crippen molar-refractivity contribution in [3.63, 3.8) is 0 Å². The summed E-state index contributed by atoms with van der Waals surface area (Å²) in [5.74, 6) is -0.906. The SMILES string of the molecule is Cc1cccc(-n2nc(C(=O)N/N=C\c3ccccc3F)cc2-c2ccc(-c3ccccc3)cc2)c1. The summed E-state index contributed by atoms with van der Waals surface area (Å²) in [7, 11) is 0. The minimum atomic E-state index is -0.490. The number of carbonyl (C=O) groups excluding carboxylic acids is 1. The van der Waals surface area contributed by atoms with E-state index in [-0.39, 0.29) is 11.3 Å². The molecule has 0 spiro atoms. The first-order valence-electron chi connectivity index (χ1n) is 11.5. The number of benzene rings is 4. The Morgan fingerprint density at radius 1 is 0.833 bits per heavy atom. The van der Waals surface area contributed by atoms with Crippen molar-refractivity contribution in [1.29, 1.82) is 0 Å². The average Bonchev–Trinajstić information content (AvgIpc) is 3.36. The first kappa shape index (κ1) is 22.9. The third-order valence-electron chi connectivity index (χ3n) is 5.75. The molecule has 0 saturated carbocycles. The molecule has 1 N–H and O–H groups in total. The molecule has 0 unspecified atom stereocenters. The lowest BCUT2D eigenvalue weighted by molar-refractivity contribution is 0.0949. The summed E-state index contributed by atoms with van der Waals surface area (Å²) < 4.78 is 15.6. The fraction of sp³-hybridized carbons (Fsp3) is 0.0333. The van der Waals surface area contributed by atoms with Crippen molar-refractivity contribution < 1.29 is 9.18 Å². The van der Waals surface area contributed by atoms with Gasteiger partial charge in [-0.1, -0.05) is 84.9 Å². The fourth-order valence-corrected chi connectivity index (χ4v) is 3.92. The van der Waals surface area contributed by atoms with Crippen molar-refractivity contribution in [2.75, 3.05) is 0 Å².